The van der Waals surface area contributed by atoms with Gasteiger partial charge >= 0.3 is 6.18 Å². The molecule has 0 bridgehead atoms. The molecule has 1 aromatic carbocycles. The molecule has 0 radical (unpaired) electrons. The molecule has 1 saturated heterocycles. The third-order valence-electron chi connectivity index (χ3n) is 4.53. The van der Waals surface area contributed by atoms with Crippen LogP contribution >= 0.6 is 0 Å². The smallest absolute Gasteiger partial charge is 0.422 e. The number of pyridine rings is 1. The SMILES string of the molecule is N#C[C@H](c1ccccc1)N1CCN(C(=O)c2cccc(OCC(F)(F)F)n2)CC1. The van der Waals surface area contributed by atoms with Gasteiger partial charge in [0.05, 0.1) is 6.07 Å². The number of alkyl halides is 3. The average molecular weight is 404 g/mol. The molecule has 0 aliphatic carbocycles. The lowest BCUT2D eigenvalue weighted by Gasteiger charge is -2.36. The van der Waals surface area contributed by atoms with Crippen molar-refractivity contribution < 1.29 is 22.7 Å². The third kappa shape index (κ3) is 5.45. The van der Waals surface area contributed by atoms with Gasteiger partial charge in [-0.25, -0.2) is 4.98 Å². The molecule has 1 aliphatic rings. The van der Waals surface area contributed by atoms with E-state index in [1.165, 1.54) is 18.2 Å². The zero-order valence-corrected chi connectivity index (χ0v) is 15.5. The molecule has 1 fully saturated rings. The van der Waals surface area contributed by atoms with Crippen molar-refractivity contribution in [1.82, 2.24) is 14.8 Å². The lowest BCUT2D eigenvalue weighted by atomic mass is 10.1. The van der Waals surface area contributed by atoms with Gasteiger partial charge in [-0.1, -0.05) is 36.4 Å². The zero-order valence-electron chi connectivity index (χ0n) is 15.5. The van der Waals surface area contributed by atoms with E-state index in [1.54, 1.807) is 4.90 Å². The molecule has 0 spiro atoms. The summed E-state index contributed by atoms with van der Waals surface area (Å²) in [5, 5.41) is 9.55. The van der Waals surface area contributed by atoms with Crippen LogP contribution in [0.1, 0.15) is 22.1 Å². The Morgan fingerprint density at radius 3 is 2.41 bits per heavy atom. The molecule has 0 unspecified atom stereocenters. The van der Waals surface area contributed by atoms with Crippen LogP contribution < -0.4 is 4.74 Å². The number of hydrogen-bond donors (Lipinski definition) is 0. The predicted octanol–water partition coefficient (Wildman–Crippen LogP) is 3.05. The Morgan fingerprint density at radius 1 is 1.10 bits per heavy atom. The highest BCUT2D eigenvalue weighted by Gasteiger charge is 2.30. The highest BCUT2D eigenvalue weighted by molar-refractivity contribution is 5.92. The molecule has 29 heavy (non-hydrogen) atoms. The number of amides is 1. The second-order valence-corrected chi connectivity index (χ2v) is 6.54. The van der Waals surface area contributed by atoms with Gasteiger partial charge in [-0.3, -0.25) is 9.69 Å². The standard InChI is InChI=1S/C20H19F3N4O2/c21-20(22,23)14-29-18-8-4-7-16(25-18)19(28)27-11-9-26(10-12-27)17(13-24)15-5-2-1-3-6-15/h1-8,17H,9-12,14H2/t17-/m1/s1. The lowest BCUT2D eigenvalue weighted by Crippen LogP contribution is -2.49. The van der Waals surface area contributed by atoms with Crippen molar-refractivity contribution in [3.8, 4) is 11.9 Å². The van der Waals surface area contributed by atoms with Gasteiger partial charge in [-0.2, -0.15) is 18.4 Å². The Bertz CT molecular complexity index is 875. The molecule has 0 saturated carbocycles. The maximum absolute atomic E-state index is 12.7. The highest BCUT2D eigenvalue weighted by atomic mass is 19.4. The Kier molecular flexibility index (Phi) is 6.34. The summed E-state index contributed by atoms with van der Waals surface area (Å²) in [4.78, 5) is 20.1. The third-order valence-corrected chi connectivity index (χ3v) is 4.53. The number of hydrogen-bond acceptors (Lipinski definition) is 5. The Balaban J connectivity index is 1.61. The minimum atomic E-state index is -4.48. The summed E-state index contributed by atoms with van der Waals surface area (Å²) in [6.45, 7) is 0.315. The van der Waals surface area contributed by atoms with E-state index in [-0.39, 0.29) is 17.5 Å². The number of nitriles is 1. The van der Waals surface area contributed by atoms with E-state index < -0.39 is 18.8 Å². The van der Waals surface area contributed by atoms with Crippen molar-refractivity contribution in [2.24, 2.45) is 0 Å². The molecule has 6 nitrogen and oxygen atoms in total. The summed E-state index contributed by atoms with van der Waals surface area (Å²) < 4.78 is 41.5. The van der Waals surface area contributed by atoms with Crippen LogP contribution in [0.3, 0.4) is 0 Å². The van der Waals surface area contributed by atoms with E-state index >= 15 is 0 Å². The Morgan fingerprint density at radius 2 is 1.79 bits per heavy atom. The number of aromatic nitrogens is 1. The van der Waals surface area contributed by atoms with Crippen LogP contribution in [0, 0.1) is 11.3 Å². The van der Waals surface area contributed by atoms with E-state index in [0.717, 1.165) is 5.56 Å². The number of ether oxygens (including phenoxy) is 1. The first-order valence-electron chi connectivity index (χ1n) is 9.02. The molecule has 0 N–H and O–H groups in total. The Hall–Kier alpha value is -3.12. The number of rotatable bonds is 5. The lowest BCUT2D eigenvalue weighted by molar-refractivity contribution is -0.154. The first-order chi connectivity index (χ1) is 13.9. The molecule has 1 amide bonds. The summed E-state index contributed by atoms with van der Waals surface area (Å²) >= 11 is 0. The number of carbonyl (C=O) groups is 1. The quantitative estimate of drug-likeness (QED) is 0.766. The normalized spacial score (nSPS) is 16.1. The topological polar surface area (TPSA) is 69.5 Å². The zero-order chi connectivity index (χ0) is 20.9. The highest BCUT2D eigenvalue weighted by Crippen LogP contribution is 2.22. The molecular weight excluding hydrogens is 385 g/mol. The van der Waals surface area contributed by atoms with Crippen LogP contribution in [0.15, 0.2) is 48.5 Å². The molecule has 3 rings (SSSR count). The molecule has 1 aromatic heterocycles. The van der Waals surface area contributed by atoms with Gasteiger partial charge in [0.1, 0.15) is 11.7 Å². The number of carbonyl (C=O) groups excluding carboxylic acids is 1. The predicted molar refractivity (Wildman–Crippen MR) is 98.1 cm³/mol. The summed E-state index contributed by atoms with van der Waals surface area (Å²) in [6.07, 6.45) is -4.48. The fraction of sp³-hybridized carbons (Fsp3) is 0.350. The maximum atomic E-state index is 12.7. The van der Waals surface area contributed by atoms with E-state index in [2.05, 4.69) is 15.8 Å². The molecule has 2 heterocycles. The van der Waals surface area contributed by atoms with Gasteiger partial charge in [-0.15, -0.1) is 0 Å². The fourth-order valence-corrected chi connectivity index (χ4v) is 3.12. The average Bonchev–Trinajstić information content (AvgIpc) is 2.73. The van der Waals surface area contributed by atoms with E-state index in [1.807, 2.05) is 35.2 Å². The minimum Gasteiger partial charge on any atom is -0.468 e. The fourth-order valence-electron chi connectivity index (χ4n) is 3.12. The van der Waals surface area contributed by atoms with Crippen LogP contribution in [0.4, 0.5) is 13.2 Å². The van der Waals surface area contributed by atoms with Crippen molar-refractivity contribution in [2.75, 3.05) is 32.8 Å². The van der Waals surface area contributed by atoms with Gasteiger partial charge in [0.25, 0.3) is 5.91 Å². The summed E-state index contributed by atoms with van der Waals surface area (Å²) in [5.74, 6) is -0.629. The molecule has 1 atom stereocenters. The molecule has 9 heteroatoms. The van der Waals surface area contributed by atoms with Gasteiger partial charge in [0.15, 0.2) is 6.61 Å². The maximum Gasteiger partial charge on any atom is 0.422 e. The molecule has 1 aliphatic heterocycles. The summed E-state index contributed by atoms with van der Waals surface area (Å²) in [6, 6.07) is 15.5. The second kappa shape index (κ2) is 8.92. The van der Waals surface area contributed by atoms with Crippen LogP contribution in [0.5, 0.6) is 5.88 Å². The van der Waals surface area contributed by atoms with Gasteiger partial charge in [0, 0.05) is 32.2 Å². The van der Waals surface area contributed by atoms with Gasteiger partial charge in [-0.05, 0) is 11.6 Å². The van der Waals surface area contributed by atoms with Crippen LogP contribution in [0.25, 0.3) is 0 Å². The molecule has 152 valence electrons. The number of benzene rings is 1. The van der Waals surface area contributed by atoms with Crippen molar-refractivity contribution >= 4 is 5.91 Å². The van der Waals surface area contributed by atoms with Gasteiger partial charge < -0.3 is 9.64 Å². The van der Waals surface area contributed by atoms with Crippen molar-refractivity contribution in [2.45, 2.75) is 12.2 Å². The monoisotopic (exact) mass is 404 g/mol. The van der Waals surface area contributed by atoms with Crippen molar-refractivity contribution in [3.05, 3.63) is 59.8 Å². The van der Waals surface area contributed by atoms with Crippen molar-refractivity contribution in [3.63, 3.8) is 0 Å². The first kappa shape index (κ1) is 20.6. The first-order valence-corrected chi connectivity index (χ1v) is 9.02. The number of nitrogens with zero attached hydrogens (tertiary/aromatic N) is 4. The minimum absolute atomic E-state index is 0.0259. The Labute approximate surface area is 166 Å². The molecular formula is C20H19F3N4O2. The van der Waals surface area contributed by atoms with Crippen LogP contribution in [-0.2, 0) is 0 Å². The van der Waals surface area contributed by atoms with Gasteiger partial charge in [0.2, 0.25) is 5.88 Å². The van der Waals surface area contributed by atoms with E-state index in [9.17, 15) is 23.2 Å². The van der Waals surface area contributed by atoms with Crippen molar-refractivity contribution in [1.29, 1.82) is 5.26 Å². The van der Waals surface area contributed by atoms with Crippen LogP contribution in [-0.4, -0.2) is 59.7 Å². The number of piperazine rings is 1. The largest absolute Gasteiger partial charge is 0.468 e. The summed E-state index contributed by atoms with van der Waals surface area (Å²) in [5.41, 5.74) is 0.920. The second-order valence-electron chi connectivity index (χ2n) is 6.54. The van der Waals surface area contributed by atoms with Crippen LogP contribution in [0.2, 0.25) is 0 Å². The summed E-state index contributed by atoms with van der Waals surface area (Å²) in [7, 11) is 0. The van der Waals surface area contributed by atoms with E-state index in [4.69, 9.17) is 0 Å². The number of halogens is 3. The van der Waals surface area contributed by atoms with E-state index in [0.29, 0.717) is 26.2 Å². The molecule has 2 aromatic rings.